The lowest BCUT2D eigenvalue weighted by Gasteiger charge is -2.41. The van der Waals surface area contributed by atoms with Gasteiger partial charge in [0.15, 0.2) is 5.67 Å². The lowest BCUT2D eigenvalue weighted by Crippen LogP contribution is -2.47. The zero-order chi connectivity index (χ0) is 23.4. The third-order valence-corrected chi connectivity index (χ3v) is 8.08. The number of carbonyl (C=O) groups excluding carboxylic acids is 1. The summed E-state index contributed by atoms with van der Waals surface area (Å²) in [6.07, 6.45) is 1.09. The van der Waals surface area contributed by atoms with Crippen LogP contribution in [-0.2, 0) is 10.5 Å². The lowest BCUT2D eigenvalue weighted by molar-refractivity contribution is -0.123. The van der Waals surface area contributed by atoms with Crippen molar-refractivity contribution in [2.24, 2.45) is 0 Å². The van der Waals surface area contributed by atoms with Gasteiger partial charge in [0.25, 0.3) is 0 Å². The highest BCUT2D eigenvalue weighted by Crippen LogP contribution is 2.49. The normalized spacial score (nSPS) is 26.7. The van der Waals surface area contributed by atoms with E-state index in [1.165, 1.54) is 16.3 Å². The van der Waals surface area contributed by atoms with E-state index in [2.05, 4.69) is 39.4 Å². The first-order chi connectivity index (χ1) is 16.5. The number of likely N-dealkylation sites (tertiary alicyclic amines) is 1. The van der Waals surface area contributed by atoms with E-state index in [1.807, 2.05) is 36.4 Å². The van der Waals surface area contributed by atoms with Crippen LogP contribution in [0.15, 0.2) is 60.7 Å². The molecule has 1 aliphatic carbocycles. The van der Waals surface area contributed by atoms with Crippen molar-refractivity contribution in [3.63, 3.8) is 0 Å². The van der Waals surface area contributed by atoms with Crippen LogP contribution in [0.3, 0.4) is 0 Å². The summed E-state index contributed by atoms with van der Waals surface area (Å²) in [5, 5.41) is 16.2. The Balaban J connectivity index is 1.22. The number of fused-ring (bicyclic) bond motifs is 1. The van der Waals surface area contributed by atoms with Gasteiger partial charge in [0, 0.05) is 37.4 Å². The first-order valence-electron chi connectivity index (χ1n) is 12.2. The summed E-state index contributed by atoms with van der Waals surface area (Å²) in [5.41, 5.74) is 2.08. The molecule has 176 valence electrons. The van der Waals surface area contributed by atoms with Crippen molar-refractivity contribution in [3.05, 3.63) is 77.4 Å². The first kappa shape index (κ1) is 21.6. The molecule has 0 aromatic heterocycles. The molecule has 1 saturated heterocycles. The van der Waals surface area contributed by atoms with Gasteiger partial charge >= 0.3 is 0 Å². The van der Waals surface area contributed by atoms with Crippen LogP contribution in [0.4, 0.5) is 10.1 Å². The van der Waals surface area contributed by atoms with Gasteiger partial charge in [-0.2, -0.15) is 0 Å². The van der Waals surface area contributed by atoms with Gasteiger partial charge in [-0.25, -0.2) is 4.39 Å². The molecule has 0 radical (unpaired) electrons. The van der Waals surface area contributed by atoms with Gasteiger partial charge in [0.05, 0.1) is 25.1 Å². The lowest BCUT2D eigenvalue weighted by atomic mass is 9.94. The van der Waals surface area contributed by atoms with E-state index in [0.717, 1.165) is 37.2 Å². The average molecular weight is 460 g/mol. The summed E-state index contributed by atoms with van der Waals surface area (Å²) in [6, 6.07) is 20.3. The molecule has 2 N–H and O–H groups in total. The van der Waals surface area contributed by atoms with Crippen LogP contribution < -0.4 is 10.2 Å². The summed E-state index contributed by atoms with van der Waals surface area (Å²) >= 11 is 0. The third-order valence-electron chi connectivity index (χ3n) is 8.08. The highest BCUT2D eigenvalue weighted by atomic mass is 19.1. The quantitative estimate of drug-likeness (QED) is 0.614. The number of aliphatic hydroxyl groups excluding tert-OH is 1. The van der Waals surface area contributed by atoms with E-state index < -0.39 is 11.8 Å². The maximum atomic E-state index is 16.1. The van der Waals surface area contributed by atoms with E-state index in [9.17, 15) is 9.90 Å². The van der Waals surface area contributed by atoms with Crippen molar-refractivity contribution < 1.29 is 14.3 Å². The fourth-order valence-corrected chi connectivity index (χ4v) is 6.47. The van der Waals surface area contributed by atoms with Crippen LogP contribution in [0, 0.1) is 0 Å². The number of aliphatic hydroxyl groups is 1. The molecule has 3 aromatic carbocycles. The van der Waals surface area contributed by atoms with Crippen molar-refractivity contribution >= 4 is 22.4 Å². The molecule has 1 unspecified atom stereocenters. The van der Waals surface area contributed by atoms with Gasteiger partial charge in [-0.15, -0.1) is 0 Å². The number of halogens is 1. The van der Waals surface area contributed by atoms with E-state index in [0.29, 0.717) is 5.56 Å². The number of piperidine rings is 1. The van der Waals surface area contributed by atoms with Crippen molar-refractivity contribution in [2.75, 3.05) is 31.6 Å². The number of hydrogen-bond acceptors (Lipinski definition) is 4. The minimum absolute atomic E-state index is 0.0403. The molecule has 0 spiro atoms. The van der Waals surface area contributed by atoms with Gasteiger partial charge in [-0.1, -0.05) is 54.6 Å². The summed E-state index contributed by atoms with van der Waals surface area (Å²) in [6.45, 7) is 1.88. The Kier molecular flexibility index (Phi) is 5.12. The van der Waals surface area contributed by atoms with Crippen LogP contribution in [0.25, 0.3) is 10.8 Å². The number of alkyl halides is 1. The average Bonchev–Trinajstić information content (AvgIpc) is 3.32. The molecule has 0 saturated carbocycles. The van der Waals surface area contributed by atoms with Crippen LogP contribution in [0.2, 0.25) is 0 Å². The second-order valence-electron chi connectivity index (χ2n) is 9.91. The molecular formula is C28H30FN3O2. The number of carbonyl (C=O) groups is 1. The van der Waals surface area contributed by atoms with Gasteiger partial charge in [0.1, 0.15) is 0 Å². The maximum absolute atomic E-state index is 16.1. The Hall–Kier alpha value is -2.96. The van der Waals surface area contributed by atoms with E-state index >= 15 is 4.39 Å². The molecule has 5 nitrogen and oxygen atoms in total. The molecule has 1 amide bonds. The molecular weight excluding hydrogens is 429 g/mol. The summed E-state index contributed by atoms with van der Waals surface area (Å²) < 4.78 is 16.1. The highest BCUT2D eigenvalue weighted by molar-refractivity contribution is 5.92. The van der Waals surface area contributed by atoms with Crippen molar-refractivity contribution in [2.45, 2.75) is 43.1 Å². The molecule has 6 heteroatoms. The summed E-state index contributed by atoms with van der Waals surface area (Å²) in [5.74, 6) is -0.280. The van der Waals surface area contributed by atoms with Crippen LogP contribution >= 0.6 is 0 Å². The minimum atomic E-state index is -1.67. The predicted molar refractivity (Wildman–Crippen MR) is 132 cm³/mol. The number of anilines is 1. The van der Waals surface area contributed by atoms with Crippen molar-refractivity contribution in [1.29, 1.82) is 0 Å². The summed E-state index contributed by atoms with van der Waals surface area (Å²) in [4.78, 5) is 16.6. The Morgan fingerprint density at radius 2 is 1.76 bits per heavy atom. The van der Waals surface area contributed by atoms with E-state index in [-0.39, 0.29) is 31.0 Å². The SMILES string of the molecule is CNC(=O)C[C@@]1(F)CN(C2CCN(C3c4cccc5cccc(c45)[C@H]3O)CC2)c2ccccc21. The molecule has 2 aliphatic heterocycles. The first-order valence-corrected chi connectivity index (χ1v) is 12.2. The second-order valence-corrected chi connectivity index (χ2v) is 9.91. The zero-order valence-corrected chi connectivity index (χ0v) is 19.4. The van der Waals surface area contributed by atoms with Crippen molar-refractivity contribution in [3.8, 4) is 0 Å². The molecule has 1 fully saturated rings. The van der Waals surface area contributed by atoms with Crippen LogP contribution in [-0.4, -0.2) is 48.6 Å². The van der Waals surface area contributed by atoms with E-state index in [1.54, 1.807) is 7.05 Å². The number of amides is 1. The Labute approximate surface area is 199 Å². The Morgan fingerprint density at radius 1 is 1.06 bits per heavy atom. The Bertz CT molecular complexity index is 1250. The standard InChI is InChI=1S/C28H30FN3O2/c1-30-24(33)16-28(29)17-32(23-11-3-2-10-22(23)28)19-12-14-31(15-13-19)26-20-8-4-6-18-7-5-9-21(25(18)20)27(26)34/h2-11,19,26-27,34H,12-17H2,1H3,(H,30,33)/t26?,27-,28-/m1/s1. The topological polar surface area (TPSA) is 55.8 Å². The fraction of sp³-hybridized carbons (Fsp3) is 0.393. The maximum Gasteiger partial charge on any atom is 0.223 e. The summed E-state index contributed by atoms with van der Waals surface area (Å²) in [7, 11) is 1.55. The van der Waals surface area contributed by atoms with Gasteiger partial charge < -0.3 is 15.3 Å². The largest absolute Gasteiger partial charge is 0.386 e. The second kappa shape index (κ2) is 8.07. The van der Waals surface area contributed by atoms with Crippen LogP contribution in [0.1, 0.15) is 48.1 Å². The molecule has 0 bridgehead atoms. The molecule has 34 heavy (non-hydrogen) atoms. The van der Waals surface area contributed by atoms with Gasteiger partial charge in [-0.3, -0.25) is 9.69 Å². The number of hydrogen-bond donors (Lipinski definition) is 2. The molecule has 3 aromatic rings. The molecule has 6 rings (SSSR count). The predicted octanol–water partition coefficient (Wildman–Crippen LogP) is 4.21. The van der Waals surface area contributed by atoms with Gasteiger partial charge in [-0.05, 0) is 40.8 Å². The minimum Gasteiger partial charge on any atom is -0.386 e. The molecule has 3 atom stereocenters. The highest BCUT2D eigenvalue weighted by Gasteiger charge is 2.47. The van der Waals surface area contributed by atoms with Crippen LogP contribution in [0.5, 0.6) is 0 Å². The number of benzene rings is 3. The molecule has 2 heterocycles. The number of para-hydroxylation sites is 1. The zero-order valence-electron chi connectivity index (χ0n) is 19.4. The number of nitrogens with one attached hydrogen (secondary N) is 1. The number of nitrogens with zero attached hydrogens (tertiary/aromatic N) is 2. The van der Waals surface area contributed by atoms with Gasteiger partial charge in [0.2, 0.25) is 5.91 Å². The third kappa shape index (κ3) is 3.23. The smallest absolute Gasteiger partial charge is 0.223 e. The fourth-order valence-electron chi connectivity index (χ4n) is 6.47. The number of rotatable bonds is 4. The Morgan fingerprint density at radius 3 is 2.50 bits per heavy atom. The van der Waals surface area contributed by atoms with Crippen molar-refractivity contribution in [1.82, 2.24) is 10.2 Å². The molecule has 3 aliphatic rings. The monoisotopic (exact) mass is 459 g/mol. The van der Waals surface area contributed by atoms with E-state index in [4.69, 9.17) is 0 Å².